The van der Waals surface area contributed by atoms with Crippen molar-refractivity contribution in [2.24, 2.45) is 0 Å². The van der Waals surface area contributed by atoms with Gasteiger partial charge in [0, 0.05) is 74.2 Å². The summed E-state index contributed by atoms with van der Waals surface area (Å²) in [6.07, 6.45) is 7.07. The Labute approximate surface area is 331 Å². The molecule has 0 radical (unpaired) electrons. The first kappa shape index (κ1) is 42.5. The van der Waals surface area contributed by atoms with Crippen LogP contribution in [0, 0.1) is 5.82 Å². The third-order valence-electron chi connectivity index (χ3n) is 9.12. The molecule has 2 amide bonds. The Morgan fingerprint density at radius 2 is 1.67 bits per heavy atom. The van der Waals surface area contributed by atoms with Crippen LogP contribution in [0.4, 0.5) is 14.9 Å². The van der Waals surface area contributed by atoms with Crippen molar-refractivity contribution in [2.45, 2.75) is 77.0 Å². The number of amides is 2. The predicted molar refractivity (Wildman–Crippen MR) is 209 cm³/mol. The number of H-pyrrole nitrogens is 1. The van der Waals surface area contributed by atoms with E-state index in [4.69, 9.17) is 29.0 Å². The smallest absolute Gasteiger partial charge is 0.410 e. The molecule has 0 saturated carbocycles. The first-order valence-electron chi connectivity index (χ1n) is 19.2. The normalized spacial score (nSPS) is 13.9. The molecule has 1 saturated heterocycles. The van der Waals surface area contributed by atoms with Crippen LogP contribution in [0.3, 0.4) is 0 Å². The number of pyridine rings is 1. The van der Waals surface area contributed by atoms with E-state index in [1.165, 1.54) is 6.07 Å². The van der Waals surface area contributed by atoms with Crippen molar-refractivity contribution in [3.63, 3.8) is 0 Å². The standard InChI is InChI=1S/C41H52FN7O8/c1-40(2,3)57-39(53)49-19-15-41(16-20-49,38-45-36(47-48-38)29-13-17-43-18-14-29)46-32-10-7-9-30(25-32)37(52)44-27-31-26-33(11-12-34(31)42)56-24-6-4-5-21-54-22-8-23-55-28-35(50)51/h7,9-14,17-18,25-26,46H,4-6,8,15-16,19-24,27-28H2,1-3H3,(H,44,52)(H,50,51)(H,45,47,48). The van der Waals surface area contributed by atoms with Gasteiger partial charge in [0.2, 0.25) is 0 Å². The molecule has 5 rings (SSSR count). The minimum absolute atomic E-state index is 0.0432. The van der Waals surface area contributed by atoms with Gasteiger partial charge in [0.15, 0.2) is 11.6 Å². The third kappa shape index (κ3) is 13.2. The van der Waals surface area contributed by atoms with E-state index in [9.17, 15) is 18.8 Å². The van der Waals surface area contributed by atoms with Crippen molar-refractivity contribution in [2.75, 3.05) is 51.4 Å². The summed E-state index contributed by atoms with van der Waals surface area (Å²) in [5.74, 6) is -0.220. The van der Waals surface area contributed by atoms with Crippen molar-refractivity contribution in [3.8, 4) is 17.1 Å². The Hall–Kier alpha value is -5.61. The minimum Gasteiger partial charge on any atom is -0.494 e. The van der Waals surface area contributed by atoms with Crippen LogP contribution in [0.15, 0.2) is 67.0 Å². The van der Waals surface area contributed by atoms with Crippen molar-refractivity contribution < 1.29 is 42.8 Å². The number of unbranched alkanes of at least 4 members (excludes halogenated alkanes) is 2. The molecular weight excluding hydrogens is 737 g/mol. The number of anilines is 1. The summed E-state index contributed by atoms with van der Waals surface area (Å²) in [6.45, 7) is 7.83. The number of likely N-dealkylation sites (tertiary alicyclic amines) is 1. The Morgan fingerprint density at radius 3 is 2.42 bits per heavy atom. The molecule has 306 valence electrons. The Balaban J connectivity index is 1.15. The van der Waals surface area contributed by atoms with Gasteiger partial charge in [0.05, 0.1) is 6.61 Å². The fraction of sp³-hybridized carbons (Fsp3) is 0.463. The molecule has 57 heavy (non-hydrogen) atoms. The molecular formula is C41H52FN7O8. The van der Waals surface area contributed by atoms with Crippen LogP contribution < -0.4 is 15.4 Å². The lowest BCUT2D eigenvalue weighted by molar-refractivity contribution is -0.142. The van der Waals surface area contributed by atoms with Gasteiger partial charge < -0.3 is 39.6 Å². The summed E-state index contributed by atoms with van der Waals surface area (Å²) in [7, 11) is 0. The van der Waals surface area contributed by atoms with Gasteiger partial charge >= 0.3 is 12.1 Å². The number of aromatic amines is 1. The topological polar surface area (TPSA) is 190 Å². The zero-order valence-corrected chi connectivity index (χ0v) is 32.7. The molecule has 0 bridgehead atoms. The lowest BCUT2D eigenvalue weighted by Crippen LogP contribution is -2.50. The number of carbonyl (C=O) groups is 3. The van der Waals surface area contributed by atoms with E-state index < -0.39 is 22.9 Å². The van der Waals surface area contributed by atoms with Gasteiger partial charge in [0.25, 0.3) is 5.91 Å². The van der Waals surface area contributed by atoms with E-state index in [1.54, 1.807) is 47.6 Å². The highest BCUT2D eigenvalue weighted by Crippen LogP contribution is 2.36. The molecule has 1 fully saturated rings. The second-order valence-electron chi connectivity index (χ2n) is 14.8. The summed E-state index contributed by atoms with van der Waals surface area (Å²) >= 11 is 0. The molecule has 2 aromatic heterocycles. The monoisotopic (exact) mass is 789 g/mol. The zero-order chi connectivity index (χ0) is 40.7. The van der Waals surface area contributed by atoms with Gasteiger partial charge in [-0.1, -0.05) is 6.07 Å². The van der Waals surface area contributed by atoms with E-state index in [1.807, 2.05) is 39.0 Å². The largest absolute Gasteiger partial charge is 0.494 e. The first-order chi connectivity index (χ1) is 27.4. The van der Waals surface area contributed by atoms with Crippen LogP contribution in [0.25, 0.3) is 11.4 Å². The summed E-state index contributed by atoms with van der Waals surface area (Å²) < 4.78 is 36.8. The van der Waals surface area contributed by atoms with Gasteiger partial charge in [-0.05, 0) is 108 Å². The number of carboxylic acids is 1. The molecule has 0 atom stereocenters. The second kappa shape index (κ2) is 20.5. The van der Waals surface area contributed by atoms with Crippen LogP contribution in [0.5, 0.6) is 5.75 Å². The maximum Gasteiger partial charge on any atom is 0.410 e. The minimum atomic E-state index is -0.989. The number of benzene rings is 2. The molecule has 1 aliphatic rings. The highest BCUT2D eigenvalue weighted by atomic mass is 19.1. The van der Waals surface area contributed by atoms with Crippen molar-refractivity contribution >= 4 is 23.7 Å². The van der Waals surface area contributed by atoms with Crippen molar-refractivity contribution in [3.05, 3.63) is 89.8 Å². The van der Waals surface area contributed by atoms with Crippen LogP contribution in [-0.4, -0.2) is 99.9 Å². The predicted octanol–water partition coefficient (Wildman–Crippen LogP) is 6.33. The molecule has 1 aliphatic heterocycles. The van der Waals surface area contributed by atoms with E-state index >= 15 is 0 Å². The Morgan fingerprint density at radius 1 is 0.930 bits per heavy atom. The maximum absolute atomic E-state index is 14.8. The number of aromatic nitrogens is 4. The number of rotatable bonds is 20. The van der Waals surface area contributed by atoms with E-state index in [0.29, 0.717) is 93.0 Å². The quantitative estimate of drug-likeness (QED) is 0.0730. The number of carboxylic acid groups (broad SMARTS) is 1. The van der Waals surface area contributed by atoms with E-state index in [-0.39, 0.29) is 25.2 Å². The van der Waals surface area contributed by atoms with Crippen LogP contribution >= 0.6 is 0 Å². The van der Waals surface area contributed by atoms with Crippen molar-refractivity contribution in [1.82, 2.24) is 30.4 Å². The number of halogens is 1. The molecule has 15 nitrogen and oxygen atoms in total. The number of nitrogens with zero attached hydrogens (tertiary/aromatic N) is 4. The molecule has 0 spiro atoms. The van der Waals surface area contributed by atoms with Gasteiger partial charge in [-0.15, -0.1) is 0 Å². The molecule has 3 heterocycles. The molecule has 4 N–H and O–H groups in total. The summed E-state index contributed by atoms with van der Waals surface area (Å²) in [5.41, 5.74) is 0.745. The SMILES string of the molecule is CC(C)(C)OC(=O)N1CCC(Nc2cccc(C(=O)NCc3cc(OCCCCCOCCCOCC(=O)O)ccc3F)c2)(c2nc(-c3ccncc3)n[nH]2)CC1. The third-order valence-corrected chi connectivity index (χ3v) is 9.12. The van der Waals surface area contributed by atoms with Gasteiger partial charge in [-0.25, -0.2) is 19.0 Å². The van der Waals surface area contributed by atoms with Gasteiger partial charge in [0.1, 0.15) is 29.3 Å². The molecule has 2 aromatic carbocycles. The molecule has 0 unspecified atom stereocenters. The average Bonchev–Trinajstić information content (AvgIpc) is 3.70. The number of aliphatic carboxylic acids is 1. The maximum atomic E-state index is 14.8. The van der Waals surface area contributed by atoms with Crippen molar-refractivity contribution in [1.29, 1.82) is 0 Å². The molecule has 16 heteroatoms. The number of piperidine rings is 1. The number of hydrogen-bond donors (Lipinski definition) is 4. The lowest BCUT2D eigenvalue weighted by atomic mass is 9.86. The van der Waals surface area contributed by atoms with Crippen LogP contribution in [0.2, 0.25) is 0 Å². The van der Waals surface area contributed by atoms with Gasteiger partial charge in [-0.3, -0.25) is 14.9 Å². The second-order valence-corrected chi connectivity index (χ2v) is 14.8. The highest BCUT2D eigenvalue weighted by Gasteiger charge is 2.41. The Bertz CT molecular complexity index is 1910. The zero-order valence-electron chi connectivity index (χ0n) is 32.7. The van der Waals surface area contributed by atoms with Crippen LogP contribution in [-0.2, 0) is 31.1 Å². The number of carbonyl (C=O) groups excluding carboxylic acids is 2. The fourth-order valence-electron chi connectivity index (χ4n) is 6.19. The molecule has 0 aliphatic carbocycles. The highest BCUT2D eigenvalue weighted by molar-refractivity contribution is 5.95. The summed E-state index contributed by atoms with van der Waals surface area (Å²) in [5, 5.41) is 22.6. The van der Waals surface area contributed by atoms with Gasteiger partial charge in [-0.2, -0.15) is 5.10 Å². The number of nitrogens with one attached hydrogen (secondary N) is 3. The summed E-state index contributed by atoms with van der Waals surface area (Å²) in [4.78, 5) is 47.4. The Kier molecular flexibility index (Phi) is 15.3. The number of ether oxygens (including phenoxy) is 4. The lowest BCUT2D eigenvalue weighted by Gasteiger charge is -2.41. The van der Waals surface area contributed by atoms with E-state index in [2.05, 4.69) is 25.8 Å². The number of hydrogen-bond acceptors (Lipinski definition) is 11. The summed E-state index contributed by atoms with van der Waals surface area (Å²) in [6, 6.07) is 15.2. The van der Waals surface area contributed by atoms with E-state index in [0.717, 1.165) is 24.8 Å². The molecule has 4 aromatic rings. The first-order valence-corrected chi connectivity index (χ1v) is 19.2. The average molecular weight is 790 g/mol. The fourth-order valence-corrected chi connectivity index (χ4v) is 6.19. The van der Waals surface area contributed by atoms with Crippen LogP contribution in [0.1, 0.15) is 81.0 Å².